The second kappa shape index (κ2) is 13.7. The minimum Gasteiger partial charge on any atom is -0.352 e. The zero-order valence-electron chi connectivity index (χ0n) is 22.6. The molecule has 0 aromatic heterocycles. The topological polar surface area (TPSA) is 86.8 Å². The summed E-state index contributed by atoms with van der Waals surface area (Å²) in [6.07, 6.45) is 4.92. The highest BCUT2D eigenvalue weighted by Gasteiger charge is 2.33. The molecule has 0 bridgehead atoms. The summed E-state index contributed by atoms with van der Waals surface area (Å²) in [5, 5.41) is 3.70. The van der Waals surface area contributed by atoms with E-state index in [2.05, 4.69) is 5.32 Å². The molecule has 7 nitrogen and oxygen atoms in total. The summed E-state index contributed by atoms with van der Waals surface area (Å²) in [6.45, 7) is 1.02. The number of hydrogen-bond donors (Lipinski definition) is 1. The van der Waals surface area contributed by atoms with E-state index < -0.39 is 34.3 Å². The van der Waals surface area contributed by atoms with Crippen molar-refractivity contribution in [1.82, 2.24) is 10.2 Å². The average Bonchev–Trinajstić information content (AvgIpc) is 2.97. The number of rotatable bonds is 10. The Morgan fingerprint density at radius 1 is 0.951 bits per heavy atom. The molecular formula is C30H32Cl2FN3O4S. The Kier molecular flexibility index (Phi) is 10.3. The van der Waals surface area contributed by atoms with Crippen LogP contribution in [0, 0.1) is 5.82 Å². The van der Waals surface area contributed by atoms with Crippen LogP contribution in [-0.2, 0) is 26.2 Å². The third kappa shape index (κ3) is 7.78. The van der Waals surface area contributed by atoms with Crippen LogP contribution in [0.25, 0.3) is 0 Å². The molecule has 2 amide bonds. The van der Waals surface area contributed by atoms with Crippen LogP contribution >= 0.6 is 23.2 Å². The molecule has 0 aliphatic heterocycles. The summed E-state index contributed by atoms with van der Waals surface area (Å²) in [5.74, 6) is -1.51. The van der Waals surface area contributed by atoms with Gasteiger partial charge in [-0.1, -0.05) is 66.7 Å². The lowest BCUT2D eigenvalue weighted by Crippen LogP contribution is -2.53. The molecule has 1 fully saturated rings. The van der Waals surface area contributed by atoms with Crippen LogP contribution in [0.2, 0.25) is 10.0 Å². The van der Waals surface area contributed by atoms with Gasteiger partial charge in [-0.2, -0.15) is 0 Å². The van der Waals surface area contributed by atoms with Crippen LogP contribution in [0.4, 0.5) is 10.1 Å². The SMILES string of the molecule is C[C@H](C(=O)NC1CCCCC1)N(Cc1ccc(Cl)c(Cl)c1)C(=O)CN(c1ccccc1)S(=O)(=O)c1ccc(F)cc1. The lowest BCUT2D eigenvalue weighted by Gasteiger charge is -2.33. The molecule has 1 aliphatic carbocycles. The number of carbonyl (C=O) groups excluding carboxylic acids is 2. The molecule has 218 valence electrons. The Hall–Kier alpha value is -3.14. The van der Waals surface area contributed by atoms with Crippen LogP contribution in [0.15, 0.2) is 77.7 Å². The van der Waals surface area contributed by atoms with Crippen molar-refractivity contribution in [3.8, 4) is 0 Å². The molecule has 3 aromatic carbocycles. The Labute approximate surface area is 250 Å². The zero-order valence-corrected chi connectivity index (χ0v) is 24.9. The van der Waals surface area contributed by atoms with E-state index in [-0.39, 0.29) is 29.1 Å². The summed E-state index contributed by atoms with van der Waals surface area (Å²) in [6, 6.07) is 16.6. The first-order valence-electron chi connectivity index (χ1n) is 13.4. The smallest absolute Gasteiger partial charge is 0.264 e. The van der Waals surface area contributed by atoms with Gasteiger partial charge in [0.1, 0.15) is 18.4 Å². The normalized spacial score (nSPS) is 14.7. The van der Waals surface area contributed by atoms with E-state index in [1.54, 1.807) is 55.5 Å². The Morgan fingerprint density at radius 3 is 2.24 bits per heavy atom. The van der Waals surface area contributed by atoms with Crippen molar-refractivity contribution in [2.24, 2.45) is 0 Å². The van der Waals surface area contributed by atoms with Gasteiger partial charge in [-0.25, -0.2) is 12.8 Å². The molecule has 0 saturated heterocycles. The first kappa shape index (κ1) is 30.8. The van der Waals surface area contributed by atoms with Gasteiger partial charge in [-0.15, -0.1) is 0 Å². The van der Waals surface area contributed by atoms with Crippen molar-refractivity contribution in [2.45, 2.75) is 62.6 Å². The second-order valence-corrected chi connectivity index (χ2v) is 12.8. The van der Waals surface area contributed by atoms with E-state index in [0.29, 0.717) is 15.6 Å². The number of carbonyl (C=O) groups is 2. The fourth-order valence-electron chi connectivity index (χ4n) is 4.84. The van der Waals surface area contributed by atoms with Gasteiger partial charge in [0.15, 0.2) is 0 Å². The van der Waals surface area contributed by atoms with Crippen LogP contribution in [0.3, 0.4) is 0 Å². The van der Waals surface area contributed by atoms with E-state index >= 15 is 0 Å². The minimum atomic E-state index is -4.27. The van der Waals surface area contributed by atoms with Crippen molar-refractivity contribution in [1.29, 1.82) is 0 Å². The number of anilines is 1. The third-order valence-electron chi connectivity index (χ3n) is 7.18. The fraction of sp³-hybridized carbons (Fsp3) is 0.333. The number of amides is 2. The largest absolute Gasteiger partial charge is 0.352 e. The molecule has 0 unspecified atom stereocenters. The maximum atomic E-state index is 14.0. The lowest BCUT2D eigenvalue weighted by atomic mass is 9.95. The molecule has 1 saturated carbocycles. The maximum Gasteiger partial charge on any atom is 0.264 e. The number of nitrogens with one attached hydrogen (secondary N) is 1. The van der Waals surface area contributed by atoms with E-state index in [0.717, 1.165) is 60.7 Å². The summed E-state index contributed by atoms with van der Waals surface area (Å²) < 4.78 is 42.0. The van der Waals surface area contributed by atoms with Crippen molar-refractivity contribution in [2.75, 3.05) is 10.8 Å². The van der Waals surface area contributed by atoms with E-state index in [4.69, 9.17) is 23.2 Å². The van der Waals surface area contributed by atoms with Gasteiger partial charge in [0.2, 0.25) is 11.8 Å². The summed E-state index contributed by atoms with van der Waals surface area (Å²) in [5.41, 5.74) is 0.872. The summed E-state index contributed by atoms with van der Waals surface area (Å²) >= 11 is 12.3. The predicted octanol–water partition coefficient (Wildman–Crippen LogP) is 6.19. The van der Waals surface area contributed by atoms with Crippen LogP contribution in [0.1, 0.15) is 44.6 Å². The molecule has 1 aliphatic rings. The average molecular weight is 621 g/mol. The van der Waals surface area contributed by atoms with Gasteiger partial charge in [0.05, 0.1) is 20.6 Å². The minimum absolute atomic E-state index is 0.00575. The molecular weight excluding hydrogens is 588 g/mol. The molecule has 1 N–H and O–H groups in total. The third-order valence-corrected chi connectivity index (χ3v) is 9.71. The molecule has 3 aromatic rings. The van der Waals surface area contributed by atoms with Gasteiger partial charge in [0, 0.05) is 12.6 Å². The quantitative estimate of drug-likeness (QED) is 0.293. The van der Waals surface area contributed by atoms with E-state index in [1.165, 1.54) is 4.90 Å². The summed E-state index contributed by atoms with van der Waals surface area (Å²) in [4.78, 5) is 28.5. The second-order valence-electron chi connectivity index (χ2n) is 10.1. The Bertz CT molecular complexity index is 1470. The molecule has 0 heterocycles. The first-order valence-corrected chi connectivity index (χ1v) is 15.6. The van der Waals surface area contributed by atoms with Gasteiger partial charge in [0.25, 0.3) is 10.0 Å². The van der Waals surface area contributed by atoms with Gasteiger partial charge >= 0.3 is 0 Å². The Morgan fingerprint density at radius 2 is 1.61 bits per heavy atom. The van der Waals surface area contributed by atoms with Crippen molar-refractivity contribution in [3.05, 3.63) is 94.2 Å². The first-order chi connectivity index (χ1) is 19.6. The molecule has 1 atom stereocenters. The van der Waals surface area contributed by atoms with E-state index in [1.807, 2.05) is 0 Å². The van der Waals surface area contributed by atoms with E-state index in [9.17, 15) is 22.4 Å². The number of sulfonamides is 1. The molecule has 0 spiro atoms. The van der Waals surface area contributed by atoms with Crippen molar-refractivity contribution < 1.29 is 22.4 Å². The molecule has 4 rings (SSSR count). The number of hydrogen-bond acceptors (Lipinski definition) is 4. The number of halogens is 3. The zero-order chi connectivity index (χ0) is 29.6. The standard InChI is InChI=1S/C30H32Cl2FN3O4S/c1-21(30(38)34-24-8-4-2-5-9-24)35(19-22-12-17-27(31)28(32)18-22)29(37)20-36(25-10-6-3-7-11-25)41(39,40)26-15-13-23(33)14-16-26/h3,6-7,10-18,21,24H,2,4-5,8-9,19-20H2,1H3,(H,34,38)/t21-/m1/s1. The predicted molar refractivity (Wildman–Crippen MR) is 159 cm³/mol. The number of nitrogens with zero attached hydrogens (tertiary/aromatic N) is 2. The number of para-hydroxylation sites is 1. The lowest BCUT2D eigenvalue weighted by molar-refractivity contribution is -0.139. The van der Waals surface area contributed by atoms with Gasteiger partial charge < -0.3 is 10.2 Å². The maximum absolute atomic E-state index is 14.0. The van der Waals surface area contributed by atoms with Crippen LogP contribution < -0.4 is 9.62 Å². The van der Waals surface area contributed by atoms with Gasteiger partial charge in [-0.05, 0) is 73.9 Å². The van der Waals surface area contributed by atoms with Crippen LogP contribution in [0.5, 0.6) is 0 Å². The Balaban J connectivity index is 1.66. The van der Waals surface area contributed by atoms with Crippen molar-refractivity contribution in [3.63, 3.8) is 0 Å². The van der Waals surface area contributed by atoms with Crippen LogP contribution in [-0.4, -0.2) is 43.8 Å². The molecule has 11 heteroatoms. The highest BCUT2D eigenvalue weighted by Crippen LogP contribution is 2.27. The number of benzene rings is 3. The van der Waals surface area contributed by atoms with Gasteiger partial charge in [-0.3, -0.25) is 13.9 Å². The summed E-state index contributed by atoms with van der Waals surface area (Å²) in [7, 11) is -4.27. The highest BCUT2D eigenvalue weighted by molar-refractivity contribution is 7.92. The molecule has 41 heavy (non-hydrogen) atoms. The highest BCUT2D eigenvalue weighted by atomic mass is 35.5. The molecule has 0 radical (unpaired) electrons. The monoisotopic (exact) mass is 619 g/mol. The van der Waals surface area contributed by atoms with Crippen molar-refractivity contribution >= 4 is 50.7 Å². The fourth-order valence-corrected chi connectivity index (χ4v) is 6.58.